The number of alkyl halides is 2. The first-order chi connectivity index (χ1) is 14.3. The van der Waals surface area contributed by atoms with Crippen molar-refractivity contribution < 1.29 is 23.0 Å². The number of carbonyl (C=O) groups is 1. The van der Waals surface area contributed by atoms with Crippen LogP contribution in [0, 0.1) is 6.92 Å². The Labute approximate surface area is 174 Å². The molecule has 0 unspecified atom stereocenters. The van der Waals surface area contributed by atoms with Gasteiger partial charge in [0.05, 0.1) is 5.69 Å². The molecule has 0 saturated heterocycles. The van der Waals surface area contributed by atoms with E-state index in [1.54, 1.807) is 34.1 Å². The van der Waals surface area contributed by atoms with Gasteiger partial charge in [0.2, 0.25) is 0 Å². The number of thiazole rings is 1. The van der Waals surface area contributed by atoms with Gasteiger partial charge in [0.25, 0.3) is 0 Å². The molecule has 0 atom stereocenters. The number of hydrogen-bond acceptors (Lipinski definition) is 5. The van der Waals surface area contributed by atoms with Gasteiger partial charge in [-0.1, -0.05) is 6.07 Å². The molecule has 0 bridgehead atoms. The van der Waals surface area contributed by atoms with Crippen LogP contribution in [0.3, 0.4) is 0 Å². The lowest BCUT2D eigenvalue weighted by Gasteiger charge is -2.17. The fourth-order valence-electron chi connectivity index (χ4n) is 2.98. The smallest absolute Gasteiger partial charge is 0.395 e. The minimum Gasteiger partial charge on any atom is -0.395 e. The fraction of sp³-hybridized carbons (Fsp3) is 0.250. The molecule has 1 aromatic carbocycles. The number of nitrogens with zero attached hydrogens (tertiary/aromatic N) is 4. The summed E-state index contributed by atoms with van der Waals surface area (Å²) in [7, 11) is 0. The molecule has 0 fully saturated rings. The Balaban J connectivity index is 1.65. The number of benzene rings is 1. The normalized spacial score (nSPS) is 14.7. The molecular weight excluding hydrogens is 414 g/mol. The zero-order chi connectivity index (χ0) is 21.3. The van der Waals surface area contributed by atoms with E-state index in [9.17, 15) is 13.6 Å². The highest BCUT2D eigenvalue weighted by Gasteiger charge is 2.43. The summed E-state index contributed by atoms with van der Waals surface area (Å²) in [6.07, 6.45) is 1.47. The number of urea groups is 1. The van der Waals surface area contributed by atoms with Crippen molar-refractivity contribution in [1.29, 1.82) is 0 Å². The fourth-order valence-corrected chi connectivity index (χ4v) is 3.81. The molecule has 0 N–H and O–H groups in total. The first-order valence-electron chi connectivity index (χ1n) is 9.16. The van der Waals surface area contributed by atoms with Crippen LogP contribution >= 0.6 is 11.3 Å². The van der Waals surface area contributed by atoms with E-state index in [0.717, 1.165) is 10.4 Å². The maximum atomic E-state index is 13.3. The van der Waals surface area contributed by atoms with Crippen molar-refractivity contribution in [2.45, 2.75) is 26.7 Å². The van der Waals surface area contributed by atoms with E-state index in [0.29, 0.717) is 23.6 Å². The predicted octanol–water partition coefficient (Wildman–Crippen LogP) is 4.11. The third kappa shape index (κ3) is 4.18. The molecule has 0 aliphatic carbocycles. The molecule has 0 radical (unpaired) electrons. The Morgan fingerprint density at radius 3 is 2.83 bits per heavy atom. The van der Waals surface area contributed by atoms with Gasteiger partial charge in [0.1, 0.15) is 0 Å². The van der Waals surface area contributed by atoms with Crippen LogP contribution in [0.1, 0.15) is 17.4 Å². The van der Waals surface area contributed by atoms with Gasteiger partial charge in [-0.3, -0.25) is 9.55 Å². The van der Waals surface area contributed by atoms with Crippen molar-refractivity contribution in [1.82, 2.24) is 14.5 Å². The molecular formula is C20H18F2N4O3S. The summed E-state index contributed by atoms with van der Waals surface area (Å²) >= 11 is 1.32. The zero-order valence-corrected chi connectivity index (χ0v) is 17.0. The van der Waals surface area contributed by atoms with E-state index in [1.165, 1.54) is 23.5 Å². The topological polar surface area (TPSA) is 69.0 Å². The molecule has 3 heterocycles. The Hall–Kier alpha value is -3.27. The number of rotatable bonds is 4. The molecule has 0 saturated carbocycles. The molecule has 30 heavy (non-hydrogen) atoms. The number of amides is 2. The molecule has 10 heteroatoms. The predicted molar refractivity (Wildman–Crippen MR) is 106 cm³/mol. The minimum absolute atomic E-state index is 0.0421. The summed E-state index contributed by atoms with van der Waals surface area (Å²) in [6, 6.07) is 7.73. The van der Waals surface area contributed by atoms with Gasteiger partial charge in [0.15, 0.2) is 16.3 Å². The van der Waals surface area contributed by atoms with Crippen molar-refractivity contribution in [3.8, 4) is 17.2 Å². The van der Waals surface area contributed by atoms with Crippen molar-refractivity contribution in [2.75, 3.05) is 6.54 Å². The lowest BCUT2D eigenvalue weighted by molar-refractivity contribution is -0.286. The van der Waals surface area contributed by atoms with Crippen molar-refractivity contribution in [3.05, 3.63) is 64.2 Å². The van der Waals surface area contributed by atoms with Crippen LogP contribution in [0.5, 0.6) is 11.5 Å². The Morgan fingerprint density at radius 1 is 1.30 bits per heavy atom. The van der Waals surface area contributed by atoms with Gasteiger partial charge < -0.3 is 14.4 Å². The lowest BCUT2D eigenvalue weighted by Crippen LogP contribution is -2.30. The Bertz CT molecular complexity index is 1140. The van der Waals surface area contributed by atoms with Crippen molar-refractivity contribution in [3.63, 3.8) is 0 Å². The molecule has 3 aromatic rings. The maximum absolute atomic E-state index is 13.3. The van der Waals surface area contributed by atoms with E-state index in [4.69, 9.17) is 0 Å². The summed E-state index contributed by atoms with van der Waals surface area (Å²) in [5.41, 5.74) is 1.43. The average Bonchev–Trinajstić information content (AvgIpc) is 3.23. The molecule has 0 spiro atoms. The minimum atomic E-state index is -3.69. The zero-order valence-electron chi connectivity index (χ0n) is 16.2. The Kier molecular flexibility index (Phi) is 5.25. The second kappa shape index (κ2) is 7.86. The van der Waals surface area contributed by atoms with E-state index >= 15 is 0 Å². The summed E-state index contributed by atoms with van der Waals surface area (Å²) in [6.45, 7) is 4.60. The monoisotopic (exact) mass is 432 g/mol. The van der Waals surface area contributed by atoms with Gasteiger partial charge in [0, 0.05) is 42.6 Å². The number of carbonyl (C=O) groups excluding carboxylic acids is 1. The van der Waals surface area contributed by atoms with Gasteiger partial charge in [-0.2, -0.15) is 4.99 Å². The highest BCUT2D eigenvalue weighted by Crippen LogP contribution is 2.41. The van der Waals surface area contributed by atoms with E-state index < -0.39 is 12.3 Å². The standard InChI is InChI=1S/C20H18F2N4O3S/c1-3-25(12-14-5-4-8-23-10-14)18(27)24-19-26(11-13(2)30-19)15-6-7-16-17(9-15)29-20(21,22)28-16/h4-11H,3,12H2,1-2H3. The highest BCUT2D eigenvalue weighted by molar-refractivity contribution is 7.09. The molecule has 2 aromatic heterocycles. The van der Waals surface area contributed by atoms with Gasteiger partial charge in [-0.15, -0.1) is 20.1 Å². The average molecular weight is 432 g/mol. The molecule has 4 rings (SSSR count). The number of halogens is 2. The second-order valence-electron chi connectivity index (χ2n) is 6.56. The summed E-state index contributed by atoms with van der Waals surface area (Å²) in [5.74, 6) is -0.114. The van der Waals surface area contributed by atoms with Crippen LogP contribution in [0.25, 0.3) is 5.69 Å². The van der Waals surface area contributed by atoms with Crippen LogP contribution in [-0.4, -0.2) is 33.3 Å². The van der Waals surface area contributed by atoms with Crippen LogP contribution in [-0.2, 0) is 6.54 Å². The van der Waals surface area contributed by atoms with E-state index in [2.05, 4.69) is 19.5 Å². The van der Waals surface area contributed by atoms with Crippen molar-refractivity contribution >= 4 is 17.4 Å². The number of ether oxygens (including phenoxy) is 2. The van der Waals surface area contributed by atoms with E-state index in [-0.39, 0.29) is 11.5 Å². The van der Waals surface area contributed by atoms with Gasteiger partial charge in [-0.05, 0) is 37.6 Å². The Morgan fingerprint density at radius 2 is 2.10 bits per heavy atom. The highest BCUT2D eigenvalue weighted by atomic mass is 32.1. The molecule has 1 aliphatic rings. The number of hydrogen-bond donors (Lipinski definition) is 0. The number of aromatic nitrogens is 2. The summed E-state index contributed by atoms with van der Waals surface area (Å²) in [4.78, 5) is 24.1. The molecule has 7 nitrogen and oxygen atoms in total. The summed E-state index contributed by atoms with van der Waals surface area (Å²) in [5, 5.41) is 0. The van der Waals surface area contributed by atoms with Crippen LogP contribution in [0.2, 0.25) is 0 Å². The SMILES string of the molecule is CCN(Cc1cccnc1)C(=O)N=c1sc(C)cn1-c1ccc2c(c1)OC(F)(F)O2. The van der Waals surface area contributed by atoms with Crippen LogP contribution in [0.4, 0.5) is 13.6 Å². The molecule has 2 amide bonds. The van der Waals surface area contributed by atoms with Crippen LogP contribution < -0.4 is 14.3 Å². The van der Waals surface area contributed by atoms with E-state index in [1.807, 2.05) is 26.0 Å². The van der Waals surface area contributed by atoms with Crippen LogP contribution in [0.15, 0.2) is 53.9 Å². The lowest BCUT2D eigenvalue weighted by atomic mass is 10.2. The van der Waals surface area contributed by atoms with Gasteiger partial charge in [-0.25, -0.2) is 4.79 Å². The number of fused-ring (bicyclic) bond motifs is 1. The summed E-state index contributed by atoms with van der Waals surface area (Å²) < 4.78 is 37.2. The third-order valence-corrected chi connectivity index (χ3v) is 5.27. The van der Waals surface area contributed by atoms with Gasteiger partial charge >= 0.3 is 12.3 Å². The first kappa shape index (κ1) is 20.0. The third-order valence-electron chi connectivity index (χ3n) is 4.37. The molecule has 156 valence electrons. The first-order valence-corrected chi connectivity index (χ1v) is 9.98. The number of pyridine rings is 1. The van der Waals surface area contributed by atoms with Crippen molar-refractivity contribution in [2.24, 2.45) is 4.99 Å². The molecule has 1 aliphatic heterocycles. The quantitative estimate of drug-likeness (QED) is 0.622. The second-order valence-corrected chi connectivity index (χ2v) is 7.78. The largest absolute Gasteiger partial charge is 0.586 e. The number of aryl methyl sites for hydroxylation is 1. The maximum Gasteiger partial charge on any atom is 0.586 e.